The summed E-state index contributed by atoms with van der Waals surface area (Å²) in [6.07, 6.45) is 1.62. The normalized spacial score (nSPS) is 11.7. The lowest BCUT2D eigenvalue weighted by molar-refractivity contribution is -0.122. The van der Waals surface area contributed by atoms with E-state index in [0.717, 1.165) is 34.5 Å². The maximum atomic E-state index is 11.9. The first-order valence-corrected chi connectivity index (χ1v) is 11.0. The Bertz CT molecular complexity index is 967. The van der Waals surface area contributed by atoms with E-state index in [4.69, 9.17) is 20.9 Å². The molecule has 1 amide bonds. The molecule has 0 bridgehead atoms. The van der Waals surface area contributed by atoms with Crippen molar-refractivity contribution in [2.75, 3.05) is 13.2 Å². The lowest BCUT2D eigenvalue weighted by atomic mass is 10.0. The molecule has 0 fully saturated rings. The van der Waals surface area contributed by atoms with Crippen molar-refractivity contribution in [3.05, 3.63) is 71.1 Å². The Morgan fingerprint density at radius 3 is 2.42 bits per heavy atom. The van der Waals surface area contributed by atoms with Gasteiger partial charge in [0, 0.05) is 23.4 Å². The highest BCUT2D eigenvalue weighted by molar-refractivity contribution is 5.97. The largest absolute Gasteiger partial charge is 0.394 e. The van der Waals surface area contributed by atoms with Crippen molar-refractivity contribution in [2.24, 2.45) is 16.8 Å². The van der Waals surface area contributed by atoms with Crippen LogP contribution in [0.4, 0.5) is 0 Å². The third-order valence-corrected chi connectivity index (χ3v) is 4.95. The molecule has 33 heavy (non-hydrogen) atoms. The predicted molar refractivity (Wildman–Crippen MR) is 129 cm³/mol. The third kappa shape index (κ3) is 8.42. The molecule has 2 rings (SSSR count). The number of carbonyl (C=O) groups is 1. The minimum Gasteiger partial charge on any atom is -0.394 e. The molecular weight excluding hydrogens is 420 g/mol. The monoisotopic (exact) mass is 454 g/mol. The summed E-state index contributed by atoms with van der Waals surface area (Å²) in [5.74, 6) is 6.02. The Hall–Kier alpha value is -3.07. The average Bonchev–Trinajstić information content (AvgIpc) is 2.78. The number of hydrogen-bond donors (Lipinski definition) is 4. The molecule has 8 nitrogen and oxygen atoms in total. The van der Waals surface area contributed by atoms with Gasteiger partial charge in [0.15, 0.2) is 0 Å². The SMILES string of the molecule is C=C(/N=C(\ON)c1cc(C)nc(CC(C)C)c1)c1ccc(CCC(=O)NC(CO)CO)cc1. The number of carbonyl (C=O) groups excluding carboxylic acids is 1. The van der Waals surface area contributed by atoms with E-state index in [2.05, 4.69) is 35.7 Å². The van der Waals surface area contributed by atoms with Crippen molar-refractivity contribution in [3.63, 3.8) is 0 Å². The fraction of sp³-hybridized carbons (Fsp3) is 0.400. The van der Waals surface area contributed by atoms with Crippen molar-refractivity contribution >= 4 is 17.5 Å². The Kier molecular flexibility index (Phi) is 10.2. The number of rotatable bonds is 11. The molecule has 0 unspecified atom stereocenters. The molecule has 8 heteroatoms. The number of pyridine rings is 1. The zero-order valence-electron chi connectivity index (χ0n) is 19.5. The smallest absolute Gasteiger partial charge is 0.245 e. The molecule has 0 radical (unpaired) electrons. The van der Waals surface area contributed by atoms with Gasteiger partial charge < -0.3 is 20.4 Å². The second-order valence-corrected chi connectivity index (χ2v) is 8.39. The Morgan fingerprint density at radius 2 is 1.85 bits per heavy atom. The van der Waals surface area contributed by atoms with E-state index in [0.29, 0.717) is 18.0 Å². The van der Waals surface area contributed by atoms with Crippen molar-refractivity contribution in [2.45, 2.75) is 46.1 Å². The van der Waals surface area contributed by atoms with Gasteiger partial charge in [-0.3, -0.25) is 9.78 Å². The maximum Gasteiger partial charge on any atom is 0.245 e. The van der Waals surface area contributed by atoms with Crippen LogP contribution in [-0.2, 0) is 22.5 Å². The molecule has 0 aliphatic heterocycles. The molecule has 5 N–H and O–H groups in total. The number of aliphatic hydroxyl groups is 2. The third-order valence-electron chi connectivity index (χ3n) is 4.95. The first-order chi connectivity index (χ1) is 15.7. The summed E-state index contributed by atoms with van der Waals surface area (Å²) in [6, 6.07) is 10.7. The van der Waals surface area contributed by atoms with Crippen LogP contribution < -0.4 is 11.2 Å². The van der Waals surface area contributed by atoms with Gasteiger partial charge >= 0.3 is 0 Å². The van der Waals surface area contributed by atoms with Gasteiger partial charge in [-0.15, -0.1) is 0 Å². The molecule has 1 aromatic carbocycles. The number of amides is 1. The minimum atomic E-state index is -0.634. The number of nitrogens with zero attached hydrogens (tertiary/aromatic N) is 2. The highest BCUT2D eigenvalue weighted by atomic mass is 16.6. The second kappa shape index (κ2) is 12.8. The Labute approximate surface area is 195 Å². The van der Waals surface area contributed by atoms with Gasteiger partial charge in [-0.05, 0) is 48.9 Å². The number of hydrogen-bond acceptors (Lipinski definition) is 7. The van der Waals surface area contributed by atoms with Crippen molar-refractivity contribution < 1.29 is 19.8 Å². The van der Waals surface area contributed by atoms with E-state index < -0.39 is 6.04 Å². The summed E-state index contributed by atoms with van der Waals surface area (Å²) in [4.78, 5) is 26.0. The summed E-state index contributed by atoms with van der Waals surface area (Å²) in [5, 5.41) is 20.7. The van der Waals surface area contributed by atoms with Gasteiger partial charge in [-0.2, -0.15) is 5.90 Å². The fourth-order valence-corrected chi connectivity index (χ4v) is 3.30. The van der Waals surface area contributed by atoms with Crippen LogP contribution in [0.15, 0.2) is 48.0 Å². The summed E-state index contributed by atoms with van der Waals surface area (Å²) in [7, 11) is 0. The lowest BCUT2D eigenvalue weighted by Gasteiger charge is -2.13. The second-order valence-electron chi connectivity index (χ2n) is 8.39. The molecule has 0 saturated heterocycles. The molecule has 0 aliphatic rings. The van der Waals surface area contributed by atoms with Crippen molar-refractivity contribution in [1.29, 1.82) is 0 Å². The number of benzene rings is 1. The molecule has 2 aromatic rings. The van der Waals surface area contributed by atoms with E-state index in [9.17, 15) is 4.79 Å². The fourth-order valence-electron chi connectivity index (χ4n) is 3.30. The number of aryl methyl sites for hydroxylation is 2. The van der Waals surface area contributed by atoms with Gasteiger partial charge in [0.2, 0.25) is 11.8 Å². The maximum absolute atomic E-state index is 11.9. The molecule has 0 aliphatic carbocycles. The van der Waals surface area contributed by atoms with Crippen LogP contribution in [0.5, 0.6) is 0 Å². The average molecular weight is 455 g/mol. The summed E-state index contributed by atoms with van der Waals surface area (Å²) < 4.78 is 0. The standard InChI is InChI=1S/C25H34N4O4/c1-16(2)11-22-13-21(12-17(3)27-22)25(33-26)28-18(4)20-8-5-19(6-9-20)7-10-24(32)29-23(14-30)15-31/h5-6,8-9,12-13,16,23,30-31H,4,7,10-11,14-15,26H2,1-3H3,(H,29,32)/b28-25-. The molecule has 0 atom stereocenters. The van der Waals surface area contributed by atoms with Crippen molar-refractivity contribution in [1.82, 2.24) is 10.3 Å². The zero-order valence-corrected chi connectivity index (χ0v) is 19.5. The van der Waals surface area contributed by atoms with Crippen LogP contribution >= 0.6 is 0 Å². The number of nitrogens with one attached hydrogen (secondary N) is 1. The Balaban J connectivity index is 2.08. The molecular formula is C25H34N4O4. The van der Waals surface area contributed by atoms with Crippen LogP contribution in [0.25, 0.3) is 5.70 Å². The topological polar surface area (TPSA) is 130 Å². The first kappa shape index (κ1) is 26.2. The number of aliphatic imine (C=N–C) groups is 1. The zero-order chi connectivity index (χ0) is 24.4. The first-order valence-electron chi connectivity index (χ1n) is 11.0. The highest BCUT2D eigenvalue weighted by Gasteiger charge is 2.12. The van der Waals surface area contributed by atoms with Gasteiger partial charge in [0.05, 0.1) is 25.0 Å². The van der Waals surface area contributed by atoms with Crippen LogP contribution in [0.3, 0.4) is 0 Å². The number of nitrogens with two attached hydrogens (primary N) is 1. The summed E-state index contributed by atoms with van der Waals surface area (Å²) in [6.45, 7) is 9.63. The quantitative estimate of drug-likeness (QED) is 0.234. The van der Waals surface area contributed by atoms with Gasteiger partial charge in [-0.25, -0.2) is 4.99 Å². The van der Waals surface area contributed by atoms with E-state index in [1.807, 2.05) is 43.3 Å². The molecule has 1 heterocycles. The van der Waals surface area contributed by atoms with Gasteiger partial charge in [0.1, 0.15) is 0 Å². The van der Waals surface area contributed by atoms with E-state index in [1.54, 1.807) is 0 Å². The van der Waals surface area contributed by atoms with Crippen molar-refractivity contribution in [3.8, 4) is 0 Å². The van der Waals surface area contributed by atoms with Crippen LogP contribution in [0, 0.1) is 12.8 Å². The molecule has 0 saturated carbocycles. The summed E-state index contributed by atoms with van der Waals surface area (Å²) >= 11 is 0. The number of aliphatic hydroxyl groups excluding tert-OH is 2. The van der Waals surface area contributed by atoms with Crippen LogP contribution in [0.1, 0.15) is 48.3 Å². The highest BCUT2D eigenvalue weighted by Crippen LogP contribution is 2.18. The van der Waals surface area contributed by atoms with Crippen LogP contribution in [-0.4, -0.2) is 46.3 Å². The minimum absolute atomic E-state index is 0.226. The lowest BCUT2D eigenvalue weighted by Crippen LogP contribution is -2.40. The molecule has 0 spiro atoms. The predicted octanol–water partition coefficient (Wildman–Crippen LogP) is 2.30. The number of aromatic nitrogens is 1. The molecule has 178 valence electrons. The van der Waals surface area contributed by atoms with Crippen LogP contribution in [0.2, 0.25) is 0 Å². The summed E-state index contributed by atoms with van der Waals surface area (Å²) in [5.41, 5.74) is 4.81. The van der Waals surface area contributed by atoms with E-state index >= 15 is 0 Å². The molecule has 1 aromatic heterocycles. The van der Waals surface area contributed by atoms with Gasteiger partial charge in [-0.1, -0.05) is 44.7 Å². The van der Waals surface area contributed by atoms with Gasteiger partial charge in [0.25, 0.3) is 0 Å². The van der Waals surface area contributed by atoms with E-state index in [1.165, 1.54) is 0 Å². The van der Waals surface area contributed by atoms with E-state index in [-0.39, 0.29) is 31.4 Å². The Morgan fingerprint density at radius 1 is 1.18 bits per heavy atom.